The van der Waals surface area contributed by atoms with Gasteiger partial charge in [0.15, 0.2) is 5.03 Å². The summed E-state index contributed by atoms with van der Waals surface area (Å²) in [7, 11) is -0.731. The van der Waals surface area contributed by atoms with Gasteiger partial charge in [-0.2, -0.15) is 18.6 Å². The number of carbonyl (C=O) groups is 1. The SMILES string of the molecule is Cn1nccc1S(=O)(=O)Nc1ccc2c(C(=O)Nc3ccc(F)c(Cl)c3)n(C)nc2c1. The molecule has 0 aliphatic heterocycles. The van der Waals surface area contributed by atoms with Gasteiger partial charge < -0.3 is 5.32 Å². The first kappa shape index (κ1) is 20.8. The Bertz CT molecular complexity index is 1430. The van der Waals surface area contributed by atoms with Crippen LogP contribution in [0, 0.1) is 5.82 Å². The van der Waals surface area contributed by atoms with Crippen molar-refractivity contribution in [3.63, 3.8) is 0 Å². The molecule has 12 heteroatoms. The number of hydrogen-bond donors (Lipinski definition) is 2. The summed E-state index contributed by atoms with van der Waals surface area (Å²) in [4.78, 5) is 12.8. The fraction of sp³-hybridized carbons (Fsp3) is 0.105. The molecule has 0 spiro atoms. The van der Waals surface area contributed by atoms with E-state index in [4.69, 9.17) is 11.6 Å². The van der Waals surface area contributed by atoms with Crippen molar-refractivity contribution in [2.45, 2.75) is 5.03 Å². The number of aromatic nitrogens is 4. The van der Waals surface area contributed by atoms with Gasteiger partial charge in [-0.15, -0.1) is 0 Å². The second kappa shape index (κ2) is 7.67. The van der Waals surface area contributed by atoms with Crippen molar-refractivity contribution in [1.82, 2.24) is 19.6 Å². The number of nitrogens with one attached hydrogen (secondary N) is 2. The van der Waals surface area contributed by atoms with Crippen LogP contribution in [0.1, 0.15) is 10.5 Å². The molecule has 0 aliphatic carbocycles. The van der Waals surface area contributed by atoms with Crippen LogP contribution in [0.3, 0.4) is 0 Å². The molecule has 0 unspecified atom stereocenters. The van der Waals surface area contributed by atoms with Gasteiger partial charge in [-0.1, -0.05) is 11.6 Å². The highest BCUT2D eigenvalue weighted by Crippen LogP contribution is 2.25. The summed E-state index contributed by atoms with van der Waals surface area (Å²) in [6.45, 7) is 0. The minimum atomic E-state index is -3.84. The summed E-state index contributed by atoms with van der Waals surface area (Å²) in [6, 6.07) is 9.88. The quantitative estimate of drug-likeness (QED) is 0.473. The average molecular weight is 463 g/mol. The van der Waals surface area contributed by atoms with Gasteiger partial charge in [-0.25, -0.2) is 4.39 Å². The first-order valence-corrected chi connectivity index (χ1v) is 10.8. The van der Waals surface area contributed by atoms with Gasteiger partial charge in [0.1, 0.15) is 11.5 Å². The molecule has 0 atom stereocenters. The summed E-state index contributed by atoms with van der Waals surface area (Å²) < 4.78 is 43.5. The molecule has 2 aromatic carbocycles. The summed E-state index contributed by atoms with van der Waals surface area (Å²) in [6.07, 6.45) is 1.38. The molecule has 160 valence electrons. The predicted octanol–water partition coefficient (Wildman–Crippen LogP) is 3.15. The molecule has 0 radical (unpaired) electrons. The van der Waals surface area contributed by atoms with E-state index >= 15 is 0 Å². The number of sulfonamides is 1. The second-order valence-electron chi connectivity index (χ2n) is 6.69. The predicted molar refractivity (Wildman–Crippen MR) is 114 cm³/mol. The highest BCUT2D eigenvalue weighted by molar-refractivity contribution is 7.92. The summed E-state index contributed by atoms with van der Waals surface area (Å²) in [5, 5.41) is 11.2. The molecule has 2 N–H and O–H groups in total. The van der Waals surface area contributed by atoms with E-state index in [9.17, 15) is 17.6 Å². The van der Waals surface area contributed by atoms with Gasteiger partial charge in [-0.05, 0) is 42.5 Å². The number of halogens is 2. The smallest absolute Gasteiger partial charge is 0.279 e. The number of benzene rings is 2. The van der Waals surface area contributed by atoms with Crippen LogP contribution in [0.5, 0.6) is 0 Å². The Balaban J connectivity index is 1.63. The van der Waals surface area contributed by atoms with Crippen LogP contribution in [-0.4, -0.2) is 33.9 Å². The molecule has 4 aromatic rings. The van der Waals surface area contributed by atoms with Crippen molar-refractivity contribution < 1.29 is 17.6 Å². The highest BCUT2D eigenvalue weighted by Gasteiger charge is 2.21. The number of aryl methyl sites for hydroxylation is 2. The molecular weight excluding hydrogens is 447 g/mol. The Hall–Kier alpha value is -3.44. The van der Waals surface area contributed by atoms with E-state index < -0.39 is 21.7 Å². The van der Waals surface area contributed by atoms with Crippen LogP contribution in [0.25, 0.3) is 10.9 Å². The fourth-order valence-electron chi connectivity index (χ4n) is 3.13. The summed E-state index contributed by atoms with van der Waals surface area (Å²) in [5.74, 6) is -1.07. The molecule has 0 bridgehead atoms. The molecule has 4 rings (SSSR count). The monoisotopic (exact) mass is 462 g/mol. The van der Waals surface area contributed by atoms with Crippen molar-refractivity contribution in [3.05, 3.63) is 65.2 Å². The van der Waals surface area contributed by atoms with Crippen molar-refractivity contribution in [1.29, 1.82) is 0 Å². The molecule has 0 saturated heterocycles. The second-order valence-corrected chi connectivity index (χ2v) is 8.72. The molecular formula is C19H16ClFN6O3S. The summed E-state index contributed by atoms with van der Waals surface area (Å²) in [5.41, 5.74) is 1.27. The number of hydrogen-bond acceptors (Lipinski definition) is 5. The van der Waals surface area contributed by atoms with Gasteiger partial charge >= 0.3 is 0 Å². The van der Waals surface area contributed by atoms with Crippen LogP contribution in [-0.2, 0) is 24.1 Å². The maximum Gasteiger partial charge on any atom is 0.279 e. The maximum atomic E-state index is 13.3. The standard InChI is InChI=1S/C19H16ClFN6O3S/c1-26-17(7-8-22-26)31(29,30)25-12-3-5-13-16(10-12)24-27(2)18(13)19(28)23-11-4-6-15(21)14(20)9-11/h3-10,25H,1-2H3,(H,23,28). The van der Waals surface area contributed by atoms with E-state index in [0.29, 0.717) is 16.6 Å². The lowest BCUT2D eigenvalue weighted by molar-refractivity contribution is 0.101. The van der Waals surface area contributed by atoms with E-state index in [2.05, 4.69) is 20.2 Å². The fourth-order valence-corrected chi connectivity index (χ4v) is 4.49. The van der Waals surface area contributed by atoms with Crippen LogP contribution in [0.2, 0.25) is 5.02 Å². The van der Waals surface area contributed by atoms with E-state index in [-0.39, 0.29) is 21.4 Å². The van der Waals surface area contributed by atoms with E-state index in [0.717, 1.165) is 6.07 Å². The van der Waals surface area contributed by atoms with Crippen LogP contribution < -0.4 is 10.0 Å². The van der Waals surface area contributed by atoms with Crippen molar-refractivity contribution in [2.75, 3.05) is 10.0 Å². The molecule has 9 nitrogen and oxygen atoms in total. The normalized spacial score (nSPS) is 11.6. The highest BCUT2D eigenvalue weighted by atomic mass is 35.5. The molecule has 0 fully saturated rings. The zero-order chi connectivity index (χ0) is 22.3. The van der Waals surface area contributed by atoms with Gasteiger partial charge in [-0.3, -0.25) is 18.9 Å². The molecule has 31 heavy (non-hydrogen) atoms. The number of fused-ring (bicyclic) bond motifs is 1. The molecule has 0 saturated carbocycles. The third kappa shape index (κ3) is 3.97. The van der Waals surface area contributed by atoms with E-state index in [1.807, 2.05) is 0 Å². The largest absolute Gasteiger partial charge is 0.321 e. The number of rotatable bonds is 5. The third-order valence-electron chi connectivity index (χ3n) is 4.53. The van der Waals surface area contributed by atoms with Gasteiger partial charge in [0.25, 0.3) is 15.9 Å². The zero-order valence-electron chi connectivity index (χ0n) is 16.3. The lowest BCUT2D eigenvalue weighted by atomic mass is 10.2. The lowest BCUT2D eigenvalue weighted by Crippen LogP contribution is -2.17. The van der Waals surface area contributed by atoms with Crippen LogP contribution in [0.15, 0.2) is 53.7 Å². The van der Waals surface area contributed by atoms with Gasteiger partial charge in [0, 0.05) is 25.2 Å². The minimum Gasteiger partial charge on any atom is -0.321 e. The lowest BCUT2D eigenvalue weighted by Gasteiger charge is -2.08. The number of carbonyl (C=O) groups excluding carboxylic acids is 1. The first-order chi connectivity index (χ1) is 14.7. The Morgan fingerprint density at radius 1 is 1.06 bits per heavy atom. The van der Waals surface area contributed by atoms with Crippen LogP contribution in [0.4, 0.5) is 15.8 Å². The topological polar surface area (TPSA) is 111 Å². The first-order valence-electron chi connectivity index (χ1n) is 8.90. The Morgan fingerprint density at radius 2 is 1.81 bits per heavy atom. The van der Waals surface area contributed by atoms with E-state index in [1.165, 1.54) is 52.9 Å². The van der Waals surface area contributed by atoms with E-state index in [1.54, 1.807) is 13.1 Å². The Labute approximate surface area is 181 Å². The number of amides is 1. The molecule has 0 aliphatic rings. The van der Waals surface area contributed by atoms with Crippen LogP contribution >= 0.6 is 11.6 Å². The maximum absolute atomic E-state index is 13.3. The average Bonchev–Trinajstić information content (AvgIpc) is 3.26. The Kier molecular flexibility index (Phi) is 5.15. The minimum absolute atomic E-state index is 0.00615. The molecule has 2 aromatic heterocycles. The third-order valence-corrected chi connectivity index (χ3v) is 6.28. The van der Waals surface area contributed by atoms with Gasteiger partial charge in [0.05, 0.1) is 22.4 Å². The van der Waals surface area contributed by atoms with Crippen molar-refractivity contribution in [2.24, 2.45) is 14.1 Å². The van der Waals surface area contributed by atoms with Crippen molar-refractivity contribution in [3.8, 4) is 0 Å². The zero-order valence-corrected chi connectivity index (χ0v) is 17.9. The molecule has 2 heterocycles. The Morgan fingerprint density at radius 3 is 2.48 bits per heavy atom. The molecule has 1 amide bonds. The summed E-state index contributed by atoms with van der Waals surface area (Å²) >= 11 is 5.76. The van der Waals surface area contributed by atoms with Gasteiger partial charge in [0.2, 0.25) is 0 Å². The number of anilines is 2. The van der Waals surface area contributed by atoms with Crippen molar-refractivity contribution >= 4 is 49.8 Å². The number of nitrogens with zero attached hydrogens (tertiary/aromatic N) is 4.